The molecule has 0 atom stereocenters. The van der Waals surface area contributed by atoms with E-state index in [2.05, 4.69) is 10.0 Å². The maximum atomic E-state index is 13.0. The summed E-state index contributed by atoms with van der Waals surface area (Å²) in [5.41, 5.74) is 3.89. The van der Waals surface area contributed by atoms with Crippen molar-refractivity contribution in [2.24, 2.45) is 0 Å². The Bertz CT molecular complexity index is 1230. The largest absolute Gasteiger partial charge is 0.322 e. The molecule has 0 saturated carbocycles. The van der Waals surface area contributed by atoms with Gasteiger partial charge in [0.2, 0.25) is 10.0 Å². The van der Waals surface area contributed by atoms with Gasteiger partial charge in [-0.3, -0.25) is 4.79 Å². The number of rotatable bonds is 5. The summed E-state index contributed by atoms with van der Waals surface area (Å²) in [5, 5.41) is 2.94. The first-order chi connectivity index (χ1) is 14.5. The van der Waals surface area contributed by atoms with Crippen LogP contribution in [0.25, 0.3) is 11.1 Å². The number of carbonyl (C=O) groups is 1. The molecule has 0 radical (unpaired) electrons. The Kier molecular flexibility index (Phi) is 6.34. The van der Waals surface area contributed by atoms with Crippen LogP contribution >= 0.6 is 0 Å². The van der Waals surface area contributed by atoms with Gasteiger partial charge in [0, 0.05) is 22.4 Å². The number of sulfonamides is 1. The molecule has 3 aromatic carbocycles. The summed E-state index contributed by atoms with van der Waals surface area (Å²) >= 11 is 0. The van der Waals surface area contributed by atoms with Gasteiger partial charge in [0.25, 0.3) is 5.91 Å². The van der Waals surface area contributed by atoms with E-state index in [-0.39, 0.29) is 10.8 Å². The van der Waals surface area contributed by atoms with Crippen LogP contribution in [0.4, 0.5) is 5.69 Å². The van der Waals surface area contributed by atoms with Crippen molar-refractivity contribution < 1.29 is 13.2 Å². The molecule has 0 unspecified atom stereocenters. The molecule has 0 spiro atoms. The minimum absolute atomic E-state index is 0.178. The van der Waals surface area contributed by atoms with Gasteiger partial charge in [0.1, 0.15) is 0 Å². The summed E-state index contributed by atoms with van der Waals surface area (Å²) in [7, 11) is -3.74. The molecule has 0 aliphatic heterocycles. The lowest BCUT2D eigenvalue weighted by atomic mass is 10.0. The lowest BCUT2D eigenvalue weighted by Gasteiger charge is -2.21. The zero-order chi connectivity index (χ0) is 22.8. The number of anilines is 1. The van der Waals surface area contributed by atoms with Crippen LogP contribution in [0.1, 0.15) is 42.3 Å². The van der Waals surface area contributed by atoms with Crippen LogP contribution in [-0.4, -0.2) is 19.9 Å². The molecule has 0 saturated heterocycles. The first-order valence-corrected chi connectivity index (χ1v) is 11.6. The van der Waals surface area contributed by atoms with E-state index in [1.54, 1.807) is 69.3 Å². The summed E-state index contributed by atoms with van der Waals surface area (Å²) in [5.74, 6) is -0.248. The highest BCUT2D eigenvalue weighted by molar-refractivity contribution is 7.89. The second kappa shape index (κ2) is 8.65. The summed E-state index contributed by atoms with van der Waals surface area (Å²) < 4.78 is 28.6. The van der Waals surface area contributed by atoms with Gasteiger partial charge in [-0.15, -0.1) is 0 Å². The third kappa shape index (κ3) is 5.60. The van der Waals surface area contributed by atoms with E-state index in [1.807, 2.05) is 32.0 Å². The molecule has 0 aliphatic rings. The number of carbonyl (C=O) groups excluding carboxylic acids is 1. The highest BCUT2D eigenvalue weighted by Gasteiger charge is 2.25. The molecule has 0 aromatic heterocycles. The van der Waals surface area contributed by atoms with Crippen molar-refractivity contribution in [3.63, 3.8) is 0 Å². The summed E-state index contributed by atoms with van der Waals surface area (Å²) in [6.45, 7) is 9.34. The molecule has 0 heterocycles. The number of aryl methyl sites for hydroxylation is 2. The van der Waals surface area contributed by atoms with Gasteiger partial charge in [-0.1, -0.05) is 48.0 Å². The number of hydrogen-bond acceptors (Lipinski definition) is 3. The average Bonchev–Trinajstić information content (AvgIpc) is 2.68. The van der Waals surface area contributed by atoms with Gasteiger partial charge < -0.3 is 5.32 Å². The molecule has 31 heavy (non-hydrogen) atoms. The maximum absolute atomic E-state index is 13.0. The molecular formula is C25H28N2O3S. The molecule has 0 aliphatic carbocycles. The Labute approximate surface area is 184 Å². The van der Waals surface area contributed by atoms with Crippen LogP contribution in [0.3, 0.4) is 0 Å². The van der Waals surface area contributed by atoms with E-state index < -0.39 is 15.6 Å². The van der Waals surface area contributed by atoms with E-state index in [0.717, 1.165) is 16.8 Å². The van der Waals surface area contributed by atoms with E-state index in [4.69, 9.17) is 0 Å². The minimum Gasteiger partial charge on any atom is -0.322 e. The van der Waals surface area contributed by atoms with Crippen molar-refractivity contribution in [3.05, 3.63) is 83.4 Å². The third-order valence-electron chi connectivity index (χ3n) is 4.68. The molecule has 5 nitrogen and oxygen atoms in total. The average molecular weight is 437 g/mol. The molecular weight excluding hydrogens is 408 g/mol. The quantitative estimate of drug-likeness (QED) is 0.570. The maximum Gasteiger partial charge on any atom is 0.255 e. The molecule has 6 heteroatoms. The van der Waals surface area contributed by atoms with Crippen molar-refractivity contribution in [1.29, 1.82) is 0 Å². The zero-order valence-electron chi connectivity index (χ0n) is 18.5. The molecule has 3 aromatic rings. The van der Waals surface area contributed by atoms with Gasteiger partial charge in [-0.2, -0.15) is 0 Å². The van der Waals surface area contributed by atoms with Crippen molar-refractivity contribution in [2.75, 3.05) is 5.32 Å². The second-order valence-electron chi connectivity index (χ2n) is 8.70. The number of hydrogen-bond donors (Lipinski definition) is 2. The predicted molar refractivity (Wildman–Crippen MR) is 126 cm³/mol. The highest BCUT2D eigenvalue weighted by atomic mass is 32.2. The Balaban J connectivity index is 1.96. The van der Waals surface area contributed by atoms with E-state index in [9.17, 15) is 13.2 Å². The van der Waals surface area contributed by atoms with Crippen molar-refractivity contribution in [1.82, 2.24) is 4.72 Å². The molecule has 0 fully saturated rings. The van der Waals surface area contributed by atoms with Crippen LogP contribution in [0.5, 0.6) is 0 Å². The molecule has 1 amide bonds. The van der Waals surface area contributed by atoms with Gasteiger partial charge >= 0.3 is 0 Å². The fraction of sp³-hybridized carbons (Fsp3) is 0.240. The van der Waals surface area contributed by atoms with E-state index in [0.29, 0.717) is 16.7 Å². The number of nitrogens with one attached hydrogen (secondary N) is 2. The fourth-order valence-corrected chi connectivity index (χ4v) is 5.02. The van der Waals surface area contributed by atoms with Gasteiger partial charge in [0.15, 0.2) is 0 Å². The summed E-state index contributed by atoms with van der Waals surface area (Å²) in [6.07, 6.45) is 0. The van der Waals surface area contributed by atoms with Crippen LogP contribution in [-0.2, 0) is 10.0 Å². The fourth-order valence-electron chi connectivity index (χ4n) is 3.37. The zero-order valence-corrected chi connectivity index (χ0v) is 19.3. The number of benzene rings is 3. The van der Waals surface area contributed by atoms with Crippen molar-refractivity contribution in [3.8, 4) is 11.1 Å². The summed E-state index contributed by atoms with van der Waals surface area (Å²) in [6, 6.07) is 19.6. The van der Waals surface area contributed by atoms with E-state index >= 15 is 0 Å². The molecule has 2 N–H and O–H groups in total. The second-order valence-corrected chi connectivity index (χ2v) is 10.4. The van der Waals surface area contributed by atoms with Crippen molar-refractivity contribution in [2.45, 2.75) is 45.1 Å². The Morgan fingerprint density at radius 3 is 2.26 bits per heavy atom. The Hall–Kier alpha value is -2.96. The van der Waals surface area contributed by atoms with Crippen LogP contribution in [0.2, 0.25) is 0 Å². The van der Waals surface area contributed by atoms with Crippen LogP contribution in [0, 0.1) is 13.8 Å². The third-order valence-corrected chi connectivity index (χ3v) is 6.50. The first kappa shape index (κ1) is 22.7. The Morgan fingerprint density at radius 1 is 0.871 bits per heavy atom. The smallest absolute Gasteiger partial charge is 0.255 e. The van der Waals surface area contributed by atoms with Gasteiger partial charge in [-0.05, 0) is 70.0 Å². The van der Waals surface area contributed by atoms with Crippen LogP contribution < -0.4 is 10.0 Å². The predicted octanol–water partition coefficient (Wildman–Crippen LogP) is 5.30. The van der Waals surface area contributed by atoms with Crippen LogP contribution in [0.15, 0.2) is 71.6 Å². The number of amides is 1. The lowest BCUT2D eigenvalue weighted by molar-refractivity contribution is 0.102. The molecule has 162 valence electrons. The molecule has 3 rings (SSSR count). The van der Waals surface area contributed by atoms with Gasteiger partial charge in [-0.25, -0.2) is 13.1 Å². The molecule has 0 bridgehead atoms. The lowest BCUT2D eigenvalue weighted by Crippen LogP contribution is -2.40. The van der Waals surface area contributed by atoms with E-state index in [1.165, 1.54) is 0 Å². The topological polar surface area (TPSA) is 75.3 Å². The summed E-state index contributed by atoms with van der Waals surface area (Å²) in [4.78, 5) is 13.0. The monoisotopic (exact) mass is 436 g/mol. The SMILES string of the molecule is Cc1ccc(NC(=O)c2cccc(-c3ccccc3S(=O)(=O)NC(C)(C)C)c2)c(C)c1. The normalized spacial score (nSPS) is 11.9. The first-order valence-electron chi connectivity index (χ1n) is 10.1. The van der Waals surface area contributed by atoms with Crippen molar-refractivity contribution >= 4 is 21.6 Å². The highest BCUT2D eigenvalue weighted by Crippen LogP contribution is 2.29. The van der Waals surface area contributed by atoms with Gasteiger partial charge in [0.05, 0.1) is 4.90 Å². The Morgan fingerprint density at radius 2 is 1.58 bits per heavy atom. The standard InChI is InChI=1S/C25H28N2O3S/c1-17-13-14-22(18(2)15-17)26-24(28)20-10-8-9-19(16-20)21-11-6-7-12-23(21)31(29,30)27-25(3,4)5/h6-16,27H,1-5H3,(H,26,28). The minimum atomic E-state index is -3.74.